The molecule has 0 saturated heterocycles. The standard InChI is InChI=1S/C12H15NO6/c1-3-19-12(16)11(15)10(14)8-4-5-9(13(17)18)7(2)6-8/h4-6,10-11,14-15H,3H2,1-2H3. The van der Waals surface area contributed by atoms with Crippen LogP contribution in [-0.4, -0.2) is 33.8 Å². The summed E-state index contributed by atoms with van der Waals surface area (Å²) < 4.78 is 4.58. The van der Waals surface area contributed by atoms with Crippen molar-refractivity contribution < 1.29 is 24.7 Å². The van der Waals surface area contributed by atoms with Gasteiger partial charge in [-0.05, 0) is 31.5 Å². The largest absolute Gasteiger partial charge is 0.464 e. The SMILES string of the molecule is CCOC(=O)C(O)C(O)c1ccc([N+](=O)[O-])c(C)c1. The van der Waals surface area contributed by atoms with Crippen LogP contribution in [0.3, 0.4) is 0 Å². The van der Waals surface area contributed by atoms with E-state index >= 15 is 0 Å². The molecule has 0 aliphatic rings. The average Bonchev–Trinajstić information content (AvgIpc) is 2.36. The van der Waals surface area contributed by atoms with Crippen molar-refractivity contribution in [1.29, 1.82) is 0 Å². The molecule has 0 aliphatic heterocycles. The molecule has 0 fully saturated rings. The molecule has 1 aromatic rings. The van der Waals surface area contributed by atoms with Crippen LogP contribution in [0.2, 0.25) is 0 Å². The number of carbonyl (C=O) groups excluding carboxylic acids is 1. The fourth-order valence-corrected chi connectivity index (χ4v) is 1.61. The Morgan fingerprint density at radius 3 is 2.58 bits per heavy atom. The van der Waals surface area contributed by atoms with Crippen molar-refractivity contribution >= 4 is 11.7 Å². The Balaban J connectivity index is 2.94. The van der Waals surface area contributed by atoms with Crippen LogP contribution in [0.4, 0.5) is 5.69 Å². The fraction of sp³-hybridized carbons (Fsp3) is 0.417. The summed E-state index contributed by atoms with van der Waals surface area (Å²) in [7, 11) is 0. The summed E-state index contributed by atoms with van der Waals surface area (Å²) in [6.07, 6.45) is -3.21. The Bertz CT molecular complexity index is 487. The molecule has 7 nitrogen and oxygen atoms in total. The number of esters is 1. The fourth-order valence-electron chi connectivity index (χ4n) is 1.61. The molecule has 7 heteroatoms. The highest BCUT2D eigenvalue weighted by molar-refractivity contribution is 5.75. The molecule has 0 radical (unpaired) electrons. The van der Waals surface area contributed by atoms with Gasteiger partial charge in [0.1, 0.15) is 6.10 Å². The van der Waals surface area contributed by atoms with Gasteiger partial charge in [-0.2, -0.15) is 0 Å². The second-order valence-electron chi connectivity index (χ2n) is 3.94. The minimum absolute atomic E-state index is 0.0852. The Hall–Kier alpha value is -1.99. The van der Waals surface area contributed by atoms with E-state index < -0.39 is 23.1 Å². The van der Waals surface area contributed by atoms with Gasteiger partial charge in [0.05, 0.1) is 11.5 Å². The van der Waals surface area contributed by atoms with Crippen LogP contribution in [0, 0.1) is 17.0 Å². The van der Waals surface area contributed by atoms with E-state index in [0.29, 0.717) is 5.56 Å². The summed E-state index contributed by atoms with van der Waals surface area (Å²) in [6.45, 7) is 3.17. The maximum absolute atomic E-state index is 11.3. The number of hydrogen-bond acceptors (Lipinski definition) is 6. The van der Waals surface area contributed by atoms with Gasteiger partial charge in [-0.1, -0.05) is 0 Å². The van der Waals surface area contributed by atoms with Crippen molar-refractivity contribution in [2.75, 3.05) is 6.61 Å². The molecule has 19 heavy (non-hydrogen) atoms. The monoisotopic (exact) mass is 269 g/mol. The Labute approximate surface area is 109 Å². The topological polar surface area (TPSA) is 110 Å². The van der Waals surface area contributed by atoms with Crippen LogP contribution >= 0.6 is 0 Å². The normalized spacial score (nSPS) is 13.7. The molecule has 1 aromatic carbocycles. The number of nitro groups is 1. The number of nitrogens with zero attached hydrogens (tertiary/aromatic N) is 1. The van der Waals surface area contributed by atoms with Gasteiger partial charge in [0, 0.05) is 11.6 Å². The van der Waals surface area contributed by atoms with Crippen LogP contribution < -0.4 is 0 Å². The summed E-state index contributed by atoms with van der Waals surface area (Å²) in [6, 6.07) is 3.86. The number of benzene rings is 1. The molecule has 0 heterocycles. The Kier molecular flexibility index (Phi) is 4.96. The summed E-state index contributed by atoms with van der Waals surface area (Å²) in [4.78, 5) is 21.4. The van der Waals surface area contributed by atoms with Gasteiger partial charge >= 0.3 is 5.97 Å². The van der Waals surface area contributed by atoms with Crippen molar-refractivity contribution in [3.8, 4) is 0 Å². The maximum Gasteiger partial charge on any atom is 0.338 e. The van der Waals surface area contributed by atoms with Crippen LogP contribution in [0.5, 0.6) is 0 Å². The third kappa shape index (κ3) is 3.49. The van der Waals surface area contributed by atoms with Gasteiger partial charge < -0.3 is 14.9 Å². The van der Waals surface area contributed by atoms with E-state index in [1.165, 1.54) is 25.1 Å². The lowest BCUT2D eigenvalue weighted by molar-refractivity contribution is -0.385. The molecule has 0 spiro atoms. The highest BCUT2D eigenvalue weighted by Gasteiger charge is 2.27. The van der Waals surface area contributed by atoms with Crippen LogP contribution in [0.25, 0.3) is 0 Å². The number of aliphatic hydroxyl groups excluding tert-OH is 2. The number of aliphatic hydroxyl groups is 2. The predicted octanol–water partition coefficient (Wildman–Crippen LogP) is 0.861. The number of carbonyl (C=O) groups is 1. The van der Waals surface area contributed by atoms with E-state index in [1.54, 1.807) is 6.92 Å². The lowest BCUT2D eigenvalue weighted by Gasteiger charge is -2.17. The first-order valence-electron chi connectivity index (χ1n) is 5.66. The molecule has 2 N–H and O–H groups in total. The smallest absolute Gasteiger partial charge is 0.338 e. The first-order valence-corrected chi connectivity index (χ1v) is 5.66. The summed E-state index contributed by atoms with van der Waals surface area (Å²) >= 11 is 0. The molecule has 104 valence electrons. The Morgan fingerprint density at radius 1 is 1.47 bits per heavy atom. The zero-order valence-corrected chi connectivity index (χ0v) is 10.6. The van der Waals surface area contributed by atoms with Gasteiger partial charge in [-0.25, -0.2) is 4.79 Å². The Morgan fingerprint density at radius 2 is 2.11 bits per heavy atom. The lowest BCUT2D eigenvalue weighted by atomic mass is 10.0. The number of rotatable bonds is 5. The molecule has 1 rings (SSSR count). The molecular weight excluding hydrogens is 254 g/mol. The number of nitro benzene ring substituents is 1. The number of aryl methyl sites for hydroxylation is 1. The molecule has 0 aromatic heterocycles. The first-order chi connectivity index (χ1) is 8.88. The molecule has 0 aliphatic carbocycles. The maximum atomic E-state index is 11.3. The van der Waals surface area contributed by atoms with Crippen molar-refractivity contribution in [2.45, 2.75) is 26.1 Å². The van der Waals surface area contributed by atoms with E-state index in [1.807, 2.05) is 0 Å². The van der Waals surface area contributed by atoms with Crippen molar-refractivity contribution in [2.24, 2.45) is 0 Å². The summed E-state index contributed by atoms with van der Waals surface area (Å²) in [5.74, 6) is -0.939. The molecular formula is C12H15NO6. The zero-order valence-electron chi connectivity index (χ0n) is 10.6. The summed E-state index contributed by atoms with van der Waals surface area (Å²) in [5.41, 5.74) is 0.447. The second-order valence-corrected chi connectivity index (χ2v) is 3.94. The van der Waals surface area contributed by atoms with E-state index in [4.69, 9.17) is 0 Å². The molecule has 0 saturated carbocycles. The number of ether oxygens (including phenoxy) is 1. The van der Waals surface area contributed by atoms with E-state index in [-0.39, 0.29) is 17.9 Å². The minimum Gasteiger partial charge on any atom is -0.464 e. The van der Waals surface area contributed by atoms with Gasteiger partial charge in [-0.3, -0.25) is 10.1 Å². The quantitative estimate of drug-likeness (QED) is 0.466. The minimum atomic E-state index is -1.72. The van der Waals surface area contributed by atoms with Crippen LogP contribution in [0.1, 0.15) is 24.2 Å². The van der Waals surface area contributed by atoms with E-state index in [9.17, 15) is 25.1 Å². The van der Waals surface area contributed by atoms with Gasteiger partial charge in [-0.15, -0.1) is 0 Å². The van der Waals surface area contributed by atoms with Gasteiger partial charge in [0.25, 0.3) is 5.69 Å². The molecule has 0 amide bonds. The molecule has 2 unspecified atom stereocenters. The number of hydrogen-bond donors (Lipinski definition) is 2. The highest BCUT2D eigenvalue weighted by Crippen LogP contribution is 2.24. The average molecular weight is 269 g/mol. The highest BCUT2D eigenvalue weighted by atomic mass is 16.6. The first kappa shape index (κ1) is 15.1. The van der Waals surface area contributed by atoms with E-state index in [0.717, 1.165) is 0 Å². The third-order valence-electron chi connectivity index (χ3n) is 2.59. The van der Waals surface area contributed by atoms with Crippen LogP contribution in [0.15, 0.2) is 18.2 Å². The van der Waals surface area contributed by atoms with Crippen molar-refractivity contribution in [1.82, 2.24) is 0 Å². The van der Waals surface area contributed by atoms with E-state index in [2.05, 4.69) is 4.74 Å². The lowest BCUT2D eigenvalue weighted by Crippen LogP contribution is -2.29. The molecule has 2 atom stereocenters. The third-order valence-corrected chi connectivity index (χ3v) is 2.59. The summed E-state index contributed by atoms with van der Waals surface area (Å²) in [5, 5.41) is 30.1. The zero-order chi connectivity index (χ0) is 14.6. The second kappa shape index (κ2) is 6.26. The van der Waals surface area contributed by atoms with Crippen molar-refractivity contribution in [3.05, 3.63) is 39.4 Å². The molecule has 0 bridgehead atoms. The van der Waals surface area contributed by atoms with Gasteiger partial charge in [0.15, 0.2) is 6.10 Å². The van der Waals surface area contributed by atoms with Crippen LogP contribution in [-0.2, 0) is 9.53 Å². The van der Waals surface area contributed by atoms with Crippen molar-refractivity contribution in [3.63, 3.8) is 0 Å². The predicted molar refractivity (Wildman–Crippen MR) is 65.4 cm³/mol. The van der Waals surface area contributed by atoms with Gasteiger partial charge in [0.2, 0.25) is 0 Å².